The van der Waals surface area contributed by atoms with E-state index < -0.39 is 0 Å². The highest BCUT2D eigenvalue weighted by Crippen LogP contribution is 2.19. The van der Waals surface area contributed by atoms with E-state index in [0.29, 0.717) is 25.2 Å². The molecule has 2 aromatic carbocycles. The van der Waals surface area contributed by atoms with Crippen molar-refractivity contribution in [1.82, 2.24) is 15.1 Å². The van der Waals surface area contributed by atoms with E-state index in [-0.39, 0.29) is 5.91 Å². The smallest absolute Gasteiger partial charge is 0.272 e. The van der Waals surface area contributed by atoms with Gasteiger partial charge in [-0.3, -0.25) is 9.48 Å². The number of nitrogens with zero attached hydrogens (tertiary/aromatic N) is 3. The first-order chi connectivity index (χ1) is 12.3. The van der Waals surface area contributed by atoms with Crippen LogP contribution in [0.2, 0.25) is 0 Å². The Morgan fingerprint density at radius 1 is 1.08 bits per heavy atom. The summed E-state index contributed by atoms with van der Waals surface area (Å²) in [6, 6.07) is 19.7. The number of nitriles is 1. The molecule has 1 N–H and O–H groups in total. The lowest BCUT2D eigenvalue weighted by Crippen LogP contribution is -2.23. The zero-order valence-electron chi connectivity index (χ0n) is 14.0. The summed E-state index contributed by atoms with van der Waals surface area (Å²) in [6.45, 7) is 1.18. The van der Waals surface area contributed by atoms with E-state index in [2.05, 4.69) is 16.5 Å². The molecule has 0 saturated carbocycles. The molecule has 0 radical (unpaired) electrons. The molecule has 1 aromatic heterocycles. The maximum Gasteiger partial charge on any atom is 0.272 e. The number of unbranched alkanes of at least 4 members (excludes halogenated alkanes) is 2. The second kappa shape index (κ2) is 8.11. The third-order valence-electron chi connectivity index (χ3n) is 4.08. The number of para-hydroxylation sites is 1. The first-order valence-electron chi connectivity index (χ1n) is 8.44. The average molecular weight is 332 g/mol. The van der Waals surface area contributed by atoms with Gasteiger partial charge in [-0.25, -0.2) is 0 Å². The third-order valence-corrected chi connectivity index (χ3v) is 4.08. The lowest BCUT2D eigenvalue weighted by molar-refractivity contribution is 0.0946. The highest BCUT2D eigenvalue weighted by atomic mass is 16.1. The Morgan fingerprint density at radius 2 is 1.84 bits per heavy atom. The van der Waals surface area contributed by atoms with Crippen LogP contribution in [0.4, 0.5) is 0 Å². The Labute approximate surface area is 146 Å². The predicted molar refractivity (Wildman–Crippen MR) is 96.8 cm³/mol. The molecule has 1 amide bonds. The van der Waals surface area contributed by atoms with E-state index in [4.69, 9.17) is 5.26 Å². The second-order valence-corrected chi connectivity index (χ2v) is 5.87. The number of amides is 1. The zero-order chi connectivity index (χ0) is 17.5. The minimum atomic E-state index is -0.171. The van der Waals surface area contributed by atoms with Gasteiger partial charge in [0.2, 0.25) is 0 Å². The van der Waals surface area contributed by atoms with Crippen LogP contribution in [-0.2, 0) is 13.1 Å². The van der Waals surface area contributed by atoms with E-state index in [9.17, 15) is 4.79 Å². The number of fused-ring (bicyclic) bond motifs is 1. The fourth-order valence-corrected chi connectivity index (χ4v) is 2.79. The molecule has 3 aromatic rings. The van der Waals surface area contributed by atoms with Crippen molar-refractivity contribution in [2.75, 3.05) is 0 Å². The van der Waals surface area contributed by atoms with Crippen molar-refractivity contribution in [2.24, 2.45) is 0 Å². The highest BCUT2D eigenvalue weighted by molar-refractivity contribution is 6.04. The van der Waals surface area contributed by atoms with E-state index in [1.165, 1.54) is 0 Å². The van der Waals surface area contributed by atoms with Crippen LogP contribution in [0.1, 0.15) is 35.3 Å². The van der Waals surface area contributed by atoms with Crippen molar-refractivity contribution in [3.63, 3.8) is 0 Å². The van der Waals surface area contributed by atoms with Crippen LogP contribution in [0.25, 0.3) is 10.9 Å². The molecular weight excluding hydrogens is 312 g/mol. The number of hydrogen-bond donors (Lipinski definition) is 1. The monoisotopic (exact) mass is 332 g/mol. The van der Waals surface area contributed by atoms with E-state index >= 15 is 0 Å². The van der Waals surface area contributed by atoms with E-state index in [1.54, 1.807) is 0 Å². The van der Waals surface area contributed by atoms with Crippen LogP contribution in [0.5, 0.6) is 0 Å². The van der Waals surface area contributed by atoms with Crippen LogP contribution in [0, 0.1) is 11.3 Å². The molecular formula is C20H20N4O. The number of nitrogens with one attached hydrogen (secondary N) is 1. The van der Waals surface area contributed by atoms with Gasteiger partial charge in [-0.2, -0.15) is 10.4 Å². The van der Waals surface area contributed by atoms with Gasteiger partial charge in [0, 0.05) is 24.9 Å². The number of carbonyl (C=O) groups excluding carboxylic acids is 1. The third kappa shape index (κ3) is 4.04. The number of aromatic nitrogens is 2. The molecule has 0 bridgehead atoms. The molecule has 5 nitrogen and oxygen atoms in total. The Kier molecular flexibility index (Phi) is 5.43. The van der Waals surface area contributed by atoms with Gasteiger partial charge in [0.1, 0.15) is 0 Å². The molecule has 1 heterocycles. The largest absolute Gasteiger partial charge is 0.347 e. The van der Waals surface area contributed by atoms with Crippen molar-refractivity contribution in [3.8, 4) is 6.07 Å². The van der Waals surface area contributed by atoms with Gasteiger partial charge in [0.25, 0.3) is 5.91 Å². The fourth-order valence-electron chi connectivity index (χ4n) is 2.79. The van der Waals surface area contributed by atoms with Crippen LogP contribution < -0.4 is 5.32 Å². The first-order valence-corrected chi connectivity index (χ1v) is 8.44. The molecule has 0 aliphatic carbocycles. The molecule has 3 rings (SSSR count). The van der Waals surface area contributed by atoms with Gasteiger partial charge >= 0.3 is 0 Å². The minimum Gasteiger partial charge on any atom is -0.347 e. The Bertz CT molecular complexity index is 893. The molecule has 0 spiro atoms. The number of benzene rings is 2. The van der Waals surface area contributed by atoms with Crippen molar-refractivity contribution in [2.45, 2.75) is 32.4 Å². The molecule has 0 fully saturated rings. The minimum absolute atomic E-state index is 0.171. The number of aryl methyl sites for hydroxylation is 1. The van der Waals surface area contributed by atoms with Gasteiger partial charge in [-0.1, -0.05) is 48.5 Å². The lowest BCUT2D eigenvalue weighted by Gasteiger charge is -2.03. The van der Waals surface area contributed by atoms with Crippen LogP contribution >= 0.6 is 0 Å². The lowest BCUT2D eigenvalue weighted by atomic mass is 10.2. The summed E-state index contributed by atoms with van der Waals surface area (Å²) >= 11 is 0. The standard InChI is InChI=1S/C20H20N4O/c21-13-7-2-8-14-24-18-12-6-5-11-17(18)19(23-24)20(25)22-15-16-9-3-1-4-10-16/h1,3-6,9-12H,2,7-8,14-15H2,(H,22,25). The average Bonchev–Trinajstić information content (AvgIpc) is 3.03. The Morgan fingerprint density at radius 3 is 2.64 bits per heavy atom. The maximum absolute atomic E-state index is 12.6. The van der Waals surface area contributed by atoms with E-state index in [1.807, 2.05) is 59.3 Å². The van der Waals surface area contributed by atoms with Crippen molar-refractivity contribution in [1.29, 1.82) is 5.26 Å². The van der Waals surface area contributed by atoms with Crippen molar-refractivity contribution < 1.29 is 4.79 Å². The summed E-state index contributed by atoms with van der Waals surface area (Å²) in [4.78, 5) is 12.6. The van der Waals surface area contributed by atoms with E-state index in [0.717, 1.165) is 29.3 Å². The molecule has 126 valence electrons. The summed E-state index contributed by atoms with van der Waals surface area (Å²) in [6.07, 6.45) is 2.24. The molecule has 0 saturated heterocycles. The van der Waals surface area contributed by atoms with Crippen molar-refractivity contribution >= 4 is 16.8 Å². The van der Waals surface area contributed by atoms with Gasteiger partial charge in [-0.05, 0) is 24.5 Å². The highest BCUT2D eigenvalue weighted by Gasteiger charge is 2.16. The fraction of sp³-hybridized carbons (Fsp3) is 0.250. The summed E-state index contributed by atoms with van der Waals surface area (Å²) in [7, 11) is 0. The topological polar surface area (TPSA) is 70.7 Å². The summed E-state index contributed by atoms with van der Waals surface area (Å²) in [5, 5.41) is 17.0. The van der Waals surface area contributed by atoms with Gasteiger partial charge in [0.15, 0.2) is 5.69 Å². The first kappa shape index (κ1) is 16.7. The Hall–Kier alpha value is -3.13. The molecule has 5 heteroatoms. The number of hydrogen-bond acceptors (Lipinski definition) is 3. The van der Waals surface area contributed by atoms with Crippen molar-refractivity contribution in [3.05, 3.63) is 65.9 Å². The number of rotatable bonds is 7. The van der Waals surface area contributed by atoms with Gasteiger partial charge < -0.3 is 5.32 Å². The zero-order valence-corrected chi connectivity index (χ0v) is 14.0. The summed E-state index contributed by atoms with van der Waals surface area (Å²) in [5.74, 6) is -0.171. The SMILES string of the molecule is N#CCCCCn1nc(C(=O)NCc2ccccc2)c2ccccc21. The maximum atomic E-state index is 12.6. The number of carbonyl (C=O) groups is 1. The molecule has 25 heavy (non-hydrogen) atoms. The van der Waals surface area contributed by atoms with Crippen LogP contribution in [0.3, 0.4) is 0 Å². The predicted octanol–water partition coefficient (Wildman–Crippen LogP) is 3.66. The molecule has 0 unspecified atom stereocenters. The second-order valence-electron chi connectivity index (χ2n) is 5.87. The van der Waals surface area contributed by atoms with Gasteiger partial charge in [-0.15, -0.1) is 0 Å². The Balaban J connectivity index is 1.76. The van der Waals surface area contributed by atoms with Crippen LogP contribution in [0.15, 0.2) is 54.6 Å². The van der Waals surface area contributed by atoms with Crippen LogP contribution in [-0.4, -0.2) is 15.7 Å². The summed E-state index contributed by atoms with van der Waals surface area (Å²) < 4.78 is 1.87. The summed E-state index contributed by atoms with van der Waals surface area (Å²) in [5.41, 5.74) is 2.45. The normalized spacial score (nSPS) is 10.5. The molecule has 0 aliphatic heterocycles. The quantitative estimate of drug-likeness (QED) is 0.671. The molecule has 0 aliphatic rings. The molecule has 0 atom stereocenters. The van der Waals surface area contributed by atoms with Gasteiger partial charge in [0.05, 0.1) is 11.6 Å².